The Kier molecular flexibility index (Phi) is 1.59. The van der Waals surface area contributed by atoms with Gasteiger partial charge in [-0.3, -0.25) is 0 Å². The molecule has 0 radical (unpaired) electrons. The molecule has 1 heterocycles. The maximum absolute atomic E-state index is 12.1. The molecular formula is C6H7F5NP. The molecule has 0 atom stereocenters. The third-order valence-electron chi connectivity index (χ3n) is 1.37. The van der Waals surface area contributed by atoms with E-state index in [1.54, 1.807) is 0 Å². The molecule has 0 bridgehead atoms. The fraction of sp³-hybridized carbons (Fsp3) is 0.167. The predicted octanol–water partition coefficient (Wildman–Crippen LogP) is 3.56. The Morgan fingerprint density at radius 1 is 1.15 bits per heavy atom. The number of rotatable bonds is 1. The average Bonchev–Trinajstić information content (AvgIpc) is 1.82. The van der Waals surface area contributed by atoms with Gasteiger partial charge in [0.25, 0.3) is 0 Å². The van der Waals surface area contributed by atoms with Crippen LogP contribution in [-0.2, 0) is 0 Å². The Morgan fingerprint density at radius 2 is 1.69 bits per heavy atom. The van der Waals surface area contributed by atoms with E-state index in [-0.39, 0.29) is 5.56 Å². The van der Waals surface area contributed by atoms with Crippen molar-refractivity contribution in [3.8, 4) is 0 Å². The summed E-state index contributed by atoms with van der Waals surface area (Å²) in [5.74, 6) is 0. The number of hydrogen-bond acceptors (Lipinski definition) is 0. The van der Waals surface area contributed by atoms with Crippen LogP contribution in [0.15, 0.2) is 24.5 Å². The van der Waals surface area contributed by atoms with Gasteiger partial charge in [-0.15, -0.1) is 0 Å². The molecule has 13 heavy (non-hydrogen) atoms. The summed E-state index contributed by atoms with van der Waals surface area (Å²) >= 11 is 0. The maximum atomic E-state index is 12.1. The number of halogens is 5. The molecular weight excluding hydrogens is 212 g/mol. The minimum absolute atomic E-state index is 0.126. The van der Waals surface area contributed by atoms with Crippen LogP contribution in [0.25, 0.3) is 0 Å². The van der Waals surface area contributed by atoms with Gasteiger partial charge in [-0.2, -0.15) is 0 Å². The van der Waals surface area contributed by atoms with Crippen molar-refractivity contribution in [1.29, 1.82) is 0 Å². The van der Waals surface area contributed by atoms with Crippen LogP contribution in [0.2, 0.25) is 0 Å². The van der Waals surface area contributed by atoms with Gasteiger partial charge in [-0.25, -0.2) is 0 Å². The molecule has 0 N–H and O–H groups in total. The molecule has 0 spiro atoms. The summed E-state index contributed by atoms with van der Waals surface area (Å²) < 4.78 is 59.6. The fourth-order valence-electron chi connectivity index (χ4n) is 0.813. The Hall–Kier alpha value is -0.770. The Morgan fingerprint density at radius 3 is 2.00 bits per heavy atom. The number of hydrogen-bond donors (Lipinski definition) is 0. The standard InChI is InChI=1S/C6H7F5NP/c1-6-3-2-4-12(5-6)13(7,8,9,10)11/h2-5H,1H3. The number of aromatic nitrogens is 1. The molecule has 1 rings (SSSR count). The van der Waals surface area contributed by atoms with Crippen LogP contribution in [0.1, 0.15) is 5.56 Å². The van der Waals surface area contributed by atoms with E-state index < -0.39 is 12.0 Å². The second-order valence-corrected chi connectivity index (χ2v) is 5.27. The van der Waals surface area contributed by atoms with Gasteiger partial charge in [0.05, 0.1) is 0 Å². The van der Waals surface area contributed by atoms with E-state index in [9.17, 15) is 21.0 Å². The third kappa shape index (κ3) is 2.59. The molecule has 1 aromatic rings. The van der Waals surface area contributed by atoms with Gasteiger partial charge in [0.2, 0.25) is 0 Å². The van der Waals surface area contributed by atoms with E-state index in [2.05, 4.69) is 0 Å². The van der Waals surface area contributed by atoms with E-state index >= 15 is 0 Å². The molecule has 1 aromatic heterocycles. The summed E-state index contributed by atoms with van der Waals surface area (Å²) in [5, 5.41) is 0. The molecule has 0 aromatic carbocycles. The van der Waals surface area contributed by atoms with E-state index in [1.807, 2.05) is 0 Å². The molecule has 1 nitrogen and oxygen atoms in total. The van der Waals surface area contributed by atoms with Gasteiger partial charge in [0.1, 0.15) is 0 Å². The first-order valence-corrected chi connectivity index (χ1v) is 5.40. The van der Waals surface area contributed by atoms with Crippen LogP contribution in [0, 0.1) is 6.92 Å². The molecule has 0 amide bonds. The van der Waals surface area contributed by atoms with Crippen molar-refractivity contribution < 1.29 is 25.3 Å². The van der Waals surface area contributed by atoms with Crippen molar-refractivity contribution in [3.05, 3.63) is 30.1 Å². The third-order valence-corrected chi connectivity index (χ3v) is 2.49. The summed E-state index contributed by atoms with van der Waals surface area (Å²) in [6.45, 7) is 1.31. The van der Waals surface area contributed by atoms with Crippen LogP contribution < -0.4 is 4.34 Å². The first-order chi connectivity index (χ1) is 5.49. The summed E-state index contributed by atoms with van der Waals surface area (Å²) in [6.07, 6.45) is 0.679. The first-order valence-electron chi connectivity index (χ1n) is 3.31. The van der Waals surface area contributed by atoms with Crippen molar-refractivity contribution in [2.24, 2.45) is 0 Å². The molecule has 0 saturated heterocycles. The quantitative estimate of drug-likeness (QED) is 0.502. The summed E-state index contributed by atoms with van der Waals surface area (Å²) in [7, 11) is -9.76. The summed E-state index contributed by atoms with van der Waals surface area (Å²) in [5.41, 5.74) is 0.126. The van der Waals surface area contributed by atoms with Gasteiger partial charge in [0.15, 0.2) is 0 Å². The molecule has 0 aliphatic heterocycles. The zero-order valence-corrected chi connectivity index (χ0v) is 7.49. The SMILES string of the molecule is Cc1ccc[n+]([P-](F)(F)(F)(F)F)c1. The molecule has 0 aliphatic rings. The van der Waals surface area contributed by atoms with E-state index in [0.29, 0.717) is 12.4 Å². The number of pyridine rings is 1. The number of aryl methyl sites for hydroxylation is 1. The topological polar surface area (TPSA) is 3.88 Å². The van der Waals surface area contributed by atoms with Crippen molar-refractivity contribution in [3.63, 3.8) is 0 Å². The van der Waals surface area contributed by atoms with Gasteiger partial charge in [0, 0.05) is 0 Å². The fourth-order valence-corrected chi connectivity index (χ4v) is 1.54. The summed E-state index contributed by atoms with van der Waals surface area (Å²) in [6, 6.07) is 2.24. The predicted molar refractivity (Wildman–Crippen MR) is 39.2 cm³/mol. The molecule has 0 unspecified atom stereocenters. The molecule has 0 fully saturated rings. The van der Waals surface area contributed by atoms with Gasteiger partial charge >= 0.3 is 70.0 Å². The minimum atomic E-state index is -9.76. The van der Waals surface area contributed by atoms with E-state index in [4.69, 9.17) is 0 Å². The molecule has 7 heteroatoms. The number of nitrogens with zero attached hydrogens (tertiary/aromatic N) is 1. The van der Waals surface area contributed by atoms with Crippen LogP contribution >= 0.6 is 7.65 Å². The first kappa shape index (κ1) is 10.3. The Balaban J connectivity index is 3.41. The molecule has 0 aliphatic carbocycles. The van der Waals surface area contributed by atoms with Crippen LogP contribution in [0.4, 0.5) is 21.0 Å². The van der Waals surface area contributed by atoms with E-state index in [0.717, 1.165) is 6.07 Å². The average molecular weight is 219 g/mol. The summed E-state index contributed by atoms with van der Waals surface area (Å²) in [4.78, 5) is 0. The Bertz CT molecular complexity index is 342. The molecule has 0 saturated carbocycles. The van der Waals surface area contributed by atoms with E-state index in [1.165, 1.54) is 13.0 Å². The van der Waals surface area contributed by atoms with Crippen molar-refractivity contribution in [2.45, 2.75) is 6.92 Å². The van der Waals surface area contributed by atoms with Gasteiger partial charge < -0.3 is 0 Å². The van der Waals surface area contributed by atoms with Gasteiger partial charge in [-0.05, 0) is 0 Å². The van der Waals surface area contributed by atoms with Crippen molar-refractivity contribution >= 4 is 7.65 Å². The van der Waals surface area contributed by atoms with Crippen molar-refractivity contribution in [1.82, 2.24) is 0 Å². The van der Waals surface area contributed by atoms with Crippen LogP contribution in [-0.4, -0.2) is 0 Å². The zero-order valence-electron chi connectivity index (χ0n) is 6.59. The van der Waals surface area contributed by atoms with Crippen LogP contribution in [0.5, 0.6) is 0 Å². The molecule has 76 valence electrons. The second kappa shape index (κ2) is 2.00. The van der Waals surface area contributed by atoms with Gasteiger partial charge in [-0.1, -0.05) is 0 Å². The van der Waals surface area contributed by atoms with Crippen LogP contribution in [0.3, 0.4) is 0 Å². The second-order valence-electron chi connectivity index (χ2n) is 2.78. The monoisotopic (exact) mass is 219 g/mol. The Labute approximate surface area is 71.0 Å². The zero-order chi connectivity index (χ0) is 10.4. The normalized spacial score (nSPS) is 17.7. The van der Waals surface area contributed by atoms with Crippen molar-refractivity contribution in [2.75, 3.05) is 0 Å².